The molecule has 0 aliphatic carbocycles. The van der Waals surface area contributed by atoms with Crippen LogP contribution in [0.2, 0.25) is 5.02 Å². The van der Waals surface area contributed by atoms with Gasteiger partial charge in [-0.05, 0) is 65.7 Å². The zero-order valence-electron chi connectivity index (χ0n) is 17.8. The van der Waals surface area contributed by atoms with Crippen molar-refractivity contribution in [1.29, 1.82) is 0 Å². The minimum absolute atomic E-state index is 0.317. The molecule has 0 amide bonds. The third kappa shape index (κ3) is 3.72. The Bertz CT molecular complexity index is 1560. The van der Waals surface area contributed by atoms with E-state index in [0.717, 1.165) is 33.4 Å². The number of hydrogen-bond donors (Lipinski definition) is 0. The molecule has 5 aromatic rings. The lowest BCUT2D eigenvalue weighted by atomic mass is 9.98. The van der Waals surface area contributed by atoms with Crippen LogP contribution in [0.15, 0.2) is 79.3 Å². The van der Waals surface area contributed by atoms with Gasteiger partial charge in [-0.2, -0.15) is 0 Å². The minimum Gasteiger partial charge on any atom is -0.486 e. The molecule has 6 rings (SSSR count). The summed E-state index contributed by atoms with van der Waals surface area (Å²) in [5, 5.41) is 1.28. The van der Waals surface area contributed by atoms with E-state index < -0.39 is 5.82 Å². The normalized spacial score (nSPS) is 12.6. The standard InChI is InChI=1S/C27H17ClFN3O2/c28-19-4-5-23(29)22(12-19)24-13-21(20-2-1-7-31-27(20)32-24)18-10-17(14-30-15-18)16-3-6-25-26(11-16)34-9-8-33-25/h1-7,10-15H,8-9H2. The van der Waals surface area contributed by atoms with Crippen molar-refractivity contribution >= 4 is 22.6 Å². The van der Waals surface area contributed by atoms with Crippen molar-refractivity contribution in [2.24, 2.45) is 0 Å². The Kier molecular flexibility index (Phi) is 5.08. The molecule has 1 aliphatic heterocycles. The van der Waals surface area contributed by atoms with Gasteiger partial charge in [0.05, 0.1) is 5.69 Å². The van der Waals surface area contributed by atoms with Gasteiger partial charge in [-0.25, -0.2) is 14.4 Å². The molecule has 0 bridgehead atoms. The highest BCUT2D eigenvalue weighted by Crippen LogP contribution is 2.37. The van der Waals surface area contributed by atoms with Crippen LogP contribution in [0.4, 0.5) is 4.39 Å². The summed E-state index contributed by atoms with van der Waals surface area (Å²) in [7, 11) is 0. The molecule has 0 radical (unpaired) electrons. The molecule has 0 atom stereocenters. The van der Waals surface area contributed by atoms with Crippen LogP contribution in [0.25, 0.3) is 44.5 Å². The van der Waals surface area contributed by atoms with Gasteiger partial charge in [0.1, 0.15) is 19.0 Å². The quantitative estimate of drug-likeness (QED) is 0.298. The van der Waals surface area contributed by atoms with E-state index >= 15 is 0 Å². The van der Waals surface area contributed by atoms with Crippen LogP contribution in [-0.2, 0) is 0 Å². The monoisotopic (exact) mass is 469 g/mol. The number of hydrogen-bond acceptors (Lipinski definition) is 5. The maximum atomic E-state index is 14.7. The van der Waals surface area contributed by atoms with E-state index in [0.29, 0.717) is 40.9 Å². The van der Waals surface area contributed by atoms with Crippen LogP contribution < -0.4 is 9.47 Å². The summed E-state index contributed by atoms with van der Waals surface area (Å²) in [6.07, 6.45) is 5.25. The number of benzene rings is 2. The summed E-state index contributed by atoms with van der Waals surface area (Å²) in [5.74, 6) is 1.05. The molecule has 0 fully saturated rings. The average molecular weight is 470 g/mol. The lowest BCUT2D eigenvalue weighted by Gasteiger charge is -2.19. The van der Waals surface area contributed by atoms with Gasteiger partial charge in [0, 0.05) is 45.7 Å². The molecule has 1 aliphatic rings. The van der Waals surface area contributed by atoms with Crippen LogP contribution in [-0.4, -0.2) is 28.2 Å². The predicted molar refractivity (Wildman–Crippen MR) is 130 cm³/mol. The van der Waals surface area contributed by atoms with Crippen molar-refractivity contribution in [3.05, 3.63) is 90.1 Å². The third-order valence-electron chi connectivity index (χ3n) is 5.71. The van der Waals surface area contributed by atoms with Crippen LogP contribution in [0.3, 0.4) is 0 Å². The van der Waals surface area contributed by atoms with E-state index in [1.807, 2.05) is 42.5 Å². The molecule has 7 heteroatoms. The molecule has 0 N–H and O–H groups in total. The van der Waals surface area contributed by atoms with E-state index in [2.05, 4.69) is 15.0 Å². The fourth-order valence-corrected chi connectivity index (χ4v) is 4.27. The summed E-state index contributed by atoms with van der Waals surface area (Å²) in [6.45, 7) is 1.07. The van der Waals surface area contributed by atoms with Crippen molar-refractivity contribution in [3.8, 4) is 45.0 Å². The first kappa shape index (κ1) is 20.6. The van der Waals surface area contributed by atoms with E-state index in [1.54, 1.807) is 24.7 Å². The largest absolute Gasteiger partial charge is 0.486 e. The highest BCUT2D eigenvalue weighted by molar-refractivity contribution is 6.30. The van der Waals surface area contributed by atoms with Crippen molar-refractivity contribution in [2.45, 2.75) is 0 Å². The second kappa shape index (κ2) is 8.39. The van der Waals surface area contributed by atoms with Crippen LogP contribution in [0, 0.1) is 5.82 Å². The summed E-state index contributed by atoms with van der Waals surface area (Å²) >= 11 is 6.14. The van der Waals surface area contributed by atoms with Crippen LogP contribution in [0.1, 0.15) is 0 Å². The summed E-state index contributed by atoms with van der Waals surface area (Å²) in [6, 6.07) is 17.9. The summed E-state index contributed by atoms with van der Waals surface area (Å²) in [5.41, 5.74) is 4.85. The summed E-state index contributed by atoms with van der Waals surface area (Å²) in [4.78, 5) is 13.5. The van der Waals surface area contributed by atoms with Crippen molar-refractivity contribution < 1.29 is 13.9 Å². The van der Waals surface area contributed by atoms with E-state index in [4.69, 9.17) is 21.1 Å². The smallest absolute Gasteiger partial charge is 0.161 e. The number of ether oxygens (including phenoxy) is 2. The molecule has 0 saturated heterocycles. The van der Waals surface area contributed by atoms with Crippen LogP contribution >= 0.6 is 11.6 Å². The zero-order chi connectivity index (χ0) is 23.1. The molecule has 0 spiro atoms. The van der Waals surface area contributed by atoms with E-state index in [-0.39, 0.29) is 0 Å². The second-order valence-corrected chi connectivity index (χ2v) is 8.31. The molecule has 166 valence electrons. The SMILES string of the molecule is Fc1ccc(Cl)cc1-c1cc(-c2cncc(-c3ccc4c(c3)OCCO4)c2)c2cccnc2n1. The molecule has 5 nitrogen and oxygen atoms in total. The predicted octanol–water partition coefficient (Wildman–Crippen LogP) is 6.59. The van der Waals surface area contributed by atoms with Crippen molar-refractivity contribution in [1.82, 2.24) is 15.0 Å². The molecule has 3 aromatic heterocycles. The molecule has 2 aromatic carbocycles. The Morgan fingerprint density at radius 3 is 2.56 bits per heavy atom. The Morgan fingerprint density at radius 1 is 0.794 bits per heavy atom. The molecule has 34 heavy (non-hydrogen) atoms. The van der Waals surface area contributed by atoms with Gasteiger partial charge in [-0.15, -0.1) is 0 Å². The lowest BCUT2D eigenvalue weighted by Crippen LogP contribution is -2.15. The first-order chi connectivity index (χ1) is 16.7. The van der Waals surface area contributed by atoms with Gasteiger partial charge in [0.15, 0.2) is 17.1 Å². The molecule has 4 heterocycles. The minimum atomic E-state index is -0.402. The first-order valence-corrected chi connectivity index (χ1v) is 11.1. The number of pyridine rings is 3. The maximum absolute atomic E-state index is 14.7. The van der Waals surface area contributed by atoms with E-state index in [9.17, 15) is 4.39 Å². The average Bonchev–Trinajstić information content (AvgIpc) is 2.89. The molecule has 0 unspecified atom stereocenters. The number of fused-ring (bicyclic) bond motifs is 2. The molecule has 0 saturated carbocycles. The molecular weight excluding hydrogens is 453 g/mol. The first-order valence-electron chi connectivity index (χ1n) is 10.7. The number of aromatic nitrogens is 3. The van der Waals surface area contributed by atoms with Crippen molar-refractivity contribution in [2.75, 3.05) is 13.2 Å². The number of rotatable bonds is 3. The van der Waals surface area contributed by atoms with Crippen molar-refractivity contribution in [3.63, 3.8) is 0 Å². The van der Waals surface area contributed by atoms with Gasteiger partial charge >= 0.3 is 0 Å². The highest BCUT2D eigenvalue weighted by Gasteiger charge is 2.16. The van der Waals surface area contributed by atoms with Gasteiger partial charge in [-0.1, -0.05) is 17.7 Å². The lowest BCUT2D eigenvalue weighted by molar-refractivity contribution is 0.171. The zero-order valence-corrected chi connectivity index (χ0v) is 18.6. The van der Waals surface area contributed by atoms with Gasteiger partial charge < -0.3 is 9.47 Å². The maximum Gasteiger partial charge on any atom is 0.161 e. The highest BCUT2D eigenvalue weighted by atomic mass is 35.5. The van der Waals surface area contributed by atoms with Gasteiger partial charge in [-0.3, -0.25) is 4.98 Å². The second-order valence-electron chi connectivity index (χ2n) is 7.87. The van der Waals surface area contributed by atoms with E-state index in [1.165, 1.54) is 12.1 Å². The number of halogens is 2. The fraction of sp³-hybridized carbons (Fsp3) is 0.0741. The Hall–Kier alpha value is -4.03. The fourth-order valence-electron chi connectivity index (χ4n) is 4.10. The Morgan fingerprint density at radius 2 is 1.65 bits per heavy atom. The molecular formula is C27H17ClFN3O2. The van der Waals surface area contributed by atoms with Crippen LogP contribution in [0.5, 0.6) is 11.5 Å². The Labute approximate surface area is 199 Å². The number of nitrogens with zero attached hydrogens (tertiary/aromatic N) is 3. The Balaban J connectivity index is 1.51. The third-order valence-corrected chi connectivity index (χ3v) is 5.95. The topological polar surface area (TPSA) is 57.1 Å². The summed E-state index contributed by atoms with van der Waals surface area (Å²) < 4.78 is 26.0. The van der Waals surface area contributed by atoms with Gasteiger partial charge in [0.2, 0.25) is 0 Å². The van der Waals surface area contributed by atoms with Gasteiger partial charge in [0.25, 0.3) is 0 Å².